The van der Waals surface area contributed by atoms with Crippen LogP contribution in [0, 0.1) is 0 Å². The van der Waals surface area contributed by atoms with Crippen LogP contribution in [0.2, 0.25) is 0 Å². The molecule has 0 saturated carbocycles. The first kappa shape index (κ1) is 19.2. The maximum Gasteiger partial charge on any atom is 0.312 e. The van der Waals surface area contributed by atoms with Gasteiger partial charge in [0.2, 0.25) is 0 Å². The number of urea groups is 1. The van der Waals surface area contributed by atoms with Crippen LogP contribution in [0.3, 0.4) is 0 Å². The second-order valence-corrected chi connectivity index (χ2v) is 6.54. The average Bonchev–Trinajstić information content (AvgIpc) is 2.73. The number of benzene rings is 3. The molecule has 0 aliphatic carbocycles. The number of carbonyl (C=O) groups excluding carboxylic acids is 2. The molecule has 0 heterocycles. The van der Waals surface area contributed by atoms with Crippen molar-refractivity contribution in [2.24, 2.45) is 5.73 Å². The maximum absolute atomic E-state index is 12.8. The molecule has 1 unspecified atom stereocenters. The number of amides is 3. The Balaban J connectivity index is 1.72. The van der Waals surface area contributed by atoms with Crippen LogP contribution in [-0.4, -0.2) is 11.9 Å². The van der Waals surface area contributed by atoms with Crippen molar-refractivity contribution in [2.45, 2.75) is 19.0 Å². The monoisotopic (exact) mass is 373 g/mol. The first-order valence-electron chi connectivity index (χ1n) is 9.14. The van der Waals surface area contributed by atoms with E-state index in [0.717, 1.165) is 16.7 Å². The Labute approximate surface area is 164 Å². The Kier molecular flexibility index (Phi) is 6.41. The third kappa shape index (κ3) is 5.45. The van der Waals surface area contributed by atoms with Crippen LogP contribution < -0.4 is 16.4 Å². The van der Waals surface area contributed by atoms with Crippen molar-refractivity contribution >= 4 is 11.9 Å². The summed E-state index contributed by atoms with van der Waals surface area (Å²) >= 11 is 0. The molecule has 5 heteroatoms. The van der Waals surface area contributed by atoms with Gasteiger partial charge in [0.05, 0.1) is 6.04 Å². The second-order valence-electron chi connectivity index (χ2n) is 6.54. The Bertz CT molecular complexity index is 910. The molecule has 3 aromatic rings. The lowest BCUT2D eigenvalue weighted by molar-refractivity contribution is 0.0936. The van der Waals surface area contributed by atoms with Gasteiger partial charge in [-0.1, -0.05) is 72.8 Å². The second kappa shape index (κ2) is 9.37. The van der Waals surface area contributed by atoms with Crippen LogP contribution in [0.25, 0.3) is 0 Å². The van der Waals surface area contributed by atoms with E-state index in [1.54, 1.807) is 24.3 Å². The molecule has 0 saturated heterocycles. The summed E-state index contributed by atoms with van der Waals surface area (Å²) in [7, 11) is 0. The number of carbonyl (C=O) groups is 2. The predicted molar refractivity (Wildman–Crippen MR) is 110 cm³/mol. The Morgan fingerprint density at radius 3 is 2.00 bits per heavy atom. The Morgan fingerprint density at radius 1 is 0.786 bits per heavy atom. The lowest BCUT2D eigenvalue weighted by Crippen LogP contribution is -2.30. The van der Waals surface area contributed by atoms with E-state index in [1.807, 2.05) is 48.5 Å². The summed E-state index contributed by atoms with van der Waals surface area (Å²) in [6.45, 7) is 0.331. The summed E-state index contributed by atoms with van der Waals surface area (Å²) in [5.41, 5.74) is 8.73. The van der Waals surface area contributed by atoms with Crippen molar-refractivity contribution in [3.05, 3.63) is 107 Å². The van der Waals surface area contributed by atoms with Crippen molar-refractivity contribution in [3.8, 4) is 0 Å². The number of nitrogens with two attached hydrogens (primary N) is 1. The number of primary amides is 1. The van der Waals surface area contributed by atoms with Crippen LogP contribution in [-0.2, 0) is 13.0 Å². The molecule has 3 amide bonds. The fraction of sp³-hybridized carbons (Fsp3) is 0.130. The Hall–Kier alpha value is -3.60. The quantitative estimate of drug-likeness (QED) is 0.591. The highest BCUT2D eigenvalue weighted by molar-refractivity contribution is 5.94. The molecule has 0 aromatic heterocycles. The van der Waals surface area contributed by atoms with E-state index < -0.39 is 6.03 Å². The van der Waals surface area contributed by atoms with Gasteiger partial charge < -0.3 is 16.4 Å². The molecule has 0 aliphatic heterocycles. The van der Waals surface area contributed by atoms with Gasteiger partial charge in [-0.3, -0.25) is 4.79 Å². The van der Waals surface area contributed by atoms with Gasteiger partial charge >= 0.3 is 6.03 Å². The molecule has 0 radical (unpaired) electrons. The van der Waals surface area contributed by atoms with Gasteiger partial charge in [-0.25, -0.2) is 4.79 Å². The van der Waals surface area contributed by atoms with Gasteiger partial charge in [-0.15, -0.1) is 0 Å². The molecule has 142 valence electrons. The molecule has 0 spiro atoms. The van der Waals surface area contributed by atoms with Crippen molar-refractivity contribution in [1.82, 2.24) is 10.6 Å². The summed E-state index contributed by atoms with van der Waals surface area (Å²) in [5, 5.41) is 5.67. The fourth-order valence-electron chi connectivity index (χ4n) is 2.99. The highest BCUT2D eigenvalue weighted by Gasteiger charge is 2.16. The minimum absolute atomic E-state index is 0.132. The van der Waals surface area contributed by atoms with Crippen molar-refractivity contribution in [3.63, 3.8) is 0 Å². The smallest absolute Gasteiger partial charge is 0.312 e. The lowest BCUT2D eigenvalue weighted by Gasteiger charge is -2.20. The SMILES string of the molecule is NC(=O)NCc1ccc(C(=O)NC(Cc2ccccc2)c2ccccc2)cc1. The molecular formula is C23H23N3O2. The predicted octanol–water partition coefficient (Wildman–Crippen LogP) is 3.57. The third-order valence-corrected chi connectivity index (χ3v) is 4.47. The first-order valence-corrected chi connectivity index (χ1v) is 9.14. The maximum atomic E-state index is 12.8. The molecular weight excluding hydrogens is 350 g/mol. The highest BCUT2D eigenvalue weighted by Crippen LogP contribution is 2.19. The Morgan fingerprint density at radius 2 is 1.39 bits per heavy atom. The van der Waals surface area contributed by atoms with Crippen LogP contribution in [0.15, 0.2) is 84.9 Å². The van der Waals surface area contributed by atoms with Crippen LogP contribution in [0.5, 0.6) is 0 Å². The van der Waals surface area contributed by atoms with Crippen molar-refractivity contribution < 1.29 is 9.59 Å². The topological polar surface area (TPSA) is 84.2 Å². The zero-order chi connectivity index (χ0) is 19.8. The zero-order valence-electron chi connectivity index (χ0n) is 15.5. The molecule has 3 aromatic carbocycles. The van der Waals surface area contributed by atoms with Gasteiger partial charge in [0.15, 0.2) is 0 Å². The number of hydrogen-bond acceptors (Lipinski definition) is 2. The van der Waals surface area contributed by atoms with E-state index in [-0.39, 0.29) is 11.9 Å². The van der Waals surface area contributed by atoms with Gasteiger partial charge in [-0.2, -0.15) is 0 Å². The van der Waals surface area contributed by atoms with Crippen LogP contribution in [0.1, 0.15) is 33.1 Å². The number of nitrogens with one attached hydrogen (secondary N) is 2. The van der Waals surface area contributed by atoms with E-state index in [9.17, 15) is 9.59 Å². The molecule has 0 aliphatic rings. The van der Waals surface area contributed by atoms with E-state index >= 15 is 0 Å². The third-order valence-electron chi connectivity index (χ3n) is 4.47. The van der Waals surface area contributed by atoms with Crippen LogP contribution in [0.4, 0.5) is 4.79 Å². The highest BCUT2D eigenvalue weighted by atomic mass is 16.2. The molecule has 3 rings (SSSR count). The fourth-order valence-corrected chi connectivity index (χ4v) is 2.99. The molecule has 5 nitrogen and oxygen atoms in total. The minimum atomic E-state index is -0.576. The van der Waals surface area contributed by atoms with Gasteiger partial charge in [0.25, 0.3) is 5.91 Å². The molecule has 28 heavy (non-hydrogen) atoms. The van der Waals surface area contributed by atoms with Crippen LogP contribution >= 0.6 is 0 Å². The van der Waals surface area contributed by atoms with E-state index in [4.69, 9.17) is 5.73 Å². The van der Waals surface area contributed by atoms with Gasteiger partial charge in [0, 0.05) is 12.1 Å². The van der Waals surface area contributed by atoms with E-state index in [1.165, 1.54) is 0 Å². The lowest BCUT2D eigenvalue weighted by atomic mass is 9.98. The van der Waals surface area contributed by atoms with Gasteiger partial charge in [-0.05, 0) is 35.2 Å². The summed E-state index contributed by atoms with van der Waals surface area (Å²) in [6.07, 6.45) is 0.706. The molecule has 0 fully saturated rings. The van der Waals surface area contributed by atoms with Crippen molar-refractivity contribution in [2.75, 3.05) is 0 Å². The zero-order valence-corrected chi connectivity index (χ0v) is 15.5. The number of hydrogen-bond donors (Lipinski definition) is 3. The van der Waals surface area contributed by atoms with E-state index in [2.05, 4.69) is 22.8 Å². The summed E-state index contributed by atoms with van der Waals surface area (Å²) in [6, 6.07) is 26.4. The average molecular weight is 373 g/mol. The summed E-state index contributed by atoms with van der Waals surface area (Å²) in [5.74, 6) is -0.140. The normalized spacial score (nSPS) is 11.4. The first-order chi connectivity index (χ1) is 13.6. The minimum Gasteiger partial charge on any atom is -0.352 e. The van der Waals surface area contributed by atoms with E-state index in [0.29, 0.717) is 18.5 Å². The van der Waals surface area contributed by atoms with Gasteiger partial charge in [0.1, 0.15) is 0 Å². The van der Waals surface area contributed by atoms with Crippen molar-refractivity contribution in [1.29, 1.82) is 0 Å². The molecule has 4 N–H and O–H groups in total. The molecule has 0 bridgehead atoms. The summed E-state index contributed by atoms with van der Waals surface area (Å²) in [4.78, 5) is 23.6. The summed E-state index contributed by atoms with van der Waals surface area (Å²) < 4.78 is 0. The number of rotatable bonds is 7. The largest absolute Gasteiger partial charge is 0.352 e. The molecule has 1 atom stereocenters. The standard InChI is InChI=1S/C23H23N3O2/c24-23(28)25-16-18-11-13-20(14-12-18)22(27)26-21(19-9-5-2-6-10-19)15-17-7-3-1-4-8-17/h1-14,21H,15-16H2,(H,26,27)(H3,24,25,28).